The van der Waals surface area contributed by atoms with Crippen LogP contribution in [0.25, 0.3) is 0 Å². The Morgan fingerprint density at radius 1 is 1.35 bits per heavy atom. The second kappa shape index (κ2) is 6.30. The first kappa shape index (κ1) is 17.2. The maximum atomic E-state index is 12.9. The molecule has 114 valence electrons. The molecule has 0 spiro atoms. The predicted octanol–water partition coefficient (Wildman–Crippen LogP) is 4.04. The predicted molar refractivity (Wildman–Crippen MR) is 77.5 cm³/mol. The van der Waals surface area contributed by atoms with Gasteiger partial charge in [0, 0.05) is 23.3 Å². The fourth-order valence-electron chi connectivity index (χ4n) is 1.88. The number of aromatic nitrogens is 1. The van der Waals surface area contributed by atoms with Crippen molar-refractivity contribution < 1.29 is 13.2 Å². The van der Waals surface area contributed by atoms with E-state index in [2.05, 4.69) is 26.2 Å². The minimum Gasteiger partial charge on any atom is -0.368 e. The summed E-state index contributed by atoms with van der Waals surface area (Å²) in [5, 5.41) is 2.69. The Morgan fingerprint density at radius 3 is 2.45 bits per heavy atom. The van der Waals surface area contributed by atoms with Gasteiger partial charge in [0.25, 0.3) is 0 Å². The van der Waals surface area contributed by atoms with E-state index in [1.165, 1.54) is 6.20 Å². The molecule has 1 atom stereocenters. The molecule has 0 saturated heterocycles. The molecule has 0 aliphatic carbocycles. The molecule has 0 aliphatic heterocycles. The third-order valence-corrected chi connectivity index (χ3v) is 3.00. The Kier molecular flexibility index (Phi) is 5.43. The van der Waals surface area contributed by atoms with Crippen molar-refractivity contribution in [2.24, 2.45) is 11.1 Å². The zero-order valence-corrected chi connectivity index (χ0v) is 13.3. The van der Waals surface area contributed by atoms with Crippen molar-refractivity contribution in [3.05, 3.63) is 22.3 Å². The second-order valence-corrected chi connectivity index (χ2v) is 6.87. The van der Waals surface area contributed by atoms with Gasteiger partial charge in [0.1, 0.15) is 5.82 Å². The molecule has 1 heterocycles. The largest absolute Gasteiger partial charge is 0.419 e. The Balaban J connectivity index is 2.78. The van der Waals surface area contributed by atoms with Gasteiger partial charge in [-0.1, -0.05) is 20.8 Å². The van der Waals surface area contributed by atoms with Crippen molar-refractivity contribution in [3.8, 4) is 0 Å². The lowest BCUT2D eigenvalue weighted by molar-refractivity contribution is -0.137. The fraction of sp³-hybridized carbons (Fsp3) is 0.615. The maximum Gasteiger partial charge on any atom is 0.419 e. The van der Waals surface area contributed by atoms with Gasteiger partial charge in [-0.3, -0.25) is 0 Å². The van der Waals surface area contributed by atoms with Gasteiger partial charge >= 0.3 is 6.18 Å². The normalized spacial score (nSPS) is 14.2. The number of halogens is 4. The Bertz CT molecular complexity index is 455. The zero-order valence-electron chi connectivity index (χ0n) is 11.7. The van der Waals surface area contributed by atoms with Gasteiger partial charge in [-0.15, -0.1) is 0 Å². The van der Waals surface area contributed by atoms with E-state index in [-0.39, 0.29) is 28.3 Å². The molecule has 0 bridgehead atoms. The van der Waals surface area contributed by atoms with Crippen LogP contribution in [0.2, 0.25) is 0 Å². The van der Waals surface area contributed by atoms with Crippen LogP contribution in [-0.4, -0.2) is 17.6 Å². The number of pyridine rings is 1. The monoisotopic (exact) mass is 353 g/mol. The molecule has 20 heavy (non-hydrogen) atoms. The molecule has 0 saturated carbocycles. The summed E-state index contributed by atoms with van der Waals surface area (Å²) in [6, 6.07) is 0.770. The van der Waals surface area contributed by atoms with E-state index in [4.69, 9.17) is 5.73 Å². The van der Waals surface area contributed by atoms with Gasteiger partial charge in [-0.25, -0.2) is 4.98 Å². The molecule has 0 radical (unpaired) electrons. The van der Waals surface area contributed by atoms with Crippen molar-refractivity contribution in [1.29, 1.82) is 0 Å². The van der Waals surface area contributed by atoms with Crippen LogP contribution in [0.1, 0.15) is 32.8 Å². The van der Waals surface area contributed by atoms with Crippen LogP contribution >= 0.6 is 15.9 Å². The SMILES string of the molecule is CC(C)(C)CC(N)CNc1ncc(Br)cc1C(F)(F)F. The summed E-state index contributed by atoms with van der Waals surface area (Å²) in [5.74, 6) is -0.190. The Morgan fingerprint density at radius 2 is 1.95 bits per heavy atom. The molecule has 3 N–H and O–H groups in total. The lowest BCUT2D eigenvalue weighted by Crippen LogP contribution is -2.33. The highest BCUT2D eigenvalue weighted by atomic mass is 79.9. The highest BCUT2D eigenvalue weighted by molar-refractivity contribution is 9.10. The molecule has 0 aromatic carbocycles. The van der Waals surface area contributed by atoms with Gasteiger partial charge in [-0.05, 0) is 33.8 Å². The minimum absolute atomic E-state index is 0.0289. The van der Waals surface area contributed by atoms with Crippen LogP contribution in [0.4, 0.5) is 19.0 Å². The first-order valence-corrected chi connectivity index (χ1v) is 7.00. The summed E-state index contributed by atoms with van der Waals surface area (Å²) in [7, 11) is 0. The first-order chi connectivity index (χ1) is 8.99. The van der Waals surface area contributed by atoms with E-state index < -0.39 is 11.7 Å². The second-order valence-electron chi connectivity index (χ2n) is 5.95. The average molecular weight is 354 g/mol. The highest BCUT2D eigenvalue weighted by Gasteiger charge is 2.34. The zero-order chi connectivity index (χ0) is 15.6. The molecule has 0 aliphatic rings. The van der Waals surface area contributed by atoms with Crippen LogP contribution in [0.5, 0.6) is 0 Å². The van der Waals surface area contributed by atoms with E-state index in [0.29, 0.717) is 6.42 Å². The number of nitrogens with one attached hydrogen (secondary N) is 1. The summed E-state index contributed by atoms with van der Waals surface area (Å²) in [6.45, 7) is 6.35. The van der Waals surface area contributed by atoms with Gasteiger partial charge in [0.15, 0.2) is 0 Å². The minimum atomic E-state index is -4.45. The van der Waals surface area contributed by atoms with Crippen LogP contribution in [0, 0.1) is 5.41 Å². The number of hydrogen-bond acceptors (Lipinski definition) is 3. The van der Waals surface area contributed by atoms with Crippen LogP contribution in [-0.2, 0) is 6.18 Å². The summed E-state index contributed by atoms with van der Waals surface area (Å²) in [4.78, 5) is 3.78. The molecular weight excluding hydrogens is 335 g/mol. The van der Waals surface area contributed by atoms with E-state index in [1.54, 1.807) is 0 Å². The van der Waals surface area contributed by atoms with Gasteiger partial charge in [-0.2, -0.15) is 13.2 Å². The van der Waals surface area contributed by atoms with Crippen molar-refractivity contribution in [2.75, 3.05) is 11.9 Å². The molecule has 1 aromatic rings. The maximum absolute atomic E-state index is 12.9. The number of nitrogens with zero attached hydrogens (tertiary/aromatic N) is 1. The third kappa shape index (κ3) is 5.66. The molecule has 3 nitrogen and oxygen atoms in total. The summed E-state index contributed by atoms with van der Waals surface area (Å²) < 4.78 is 39.0. The van der Waals surface area contributed by atoms with E-state index in [9.17, 15) is 13.2 Å². The topological polar surface area (TPSA) is 50.9 Å². The highest BCUT2D eigenvalue weighted by Crippen LogP contribution is 2.35. The lowest BCUT2D eigenvalue weighted by Gasteiger charge is -2.24. The Labute approximate surface area is 125 Å². The number of alkyl halides is 3. The van der Waals surface area contributed by atoms with Gasteiger partial charge in [0.05, 0.1) is 5.56 Å². The van der Waals surface area contributed by atoms with Crippen molar-refractivity contribution >= 4 is 21.7 Å². The van der Waals surface area contributed by atoms with Crippen LogP contribution in [0.3, 0.4) is 0 Å². The number of nitrogens with two attached hydrogens (primary N) is 1. The summed E-state index contributed by atoms with van der Waals surface area (Å²) in [5.41, 5.74) is 5.15. The van der Waals surface area contributed by atoms with Crippen LogP contribution < -0.4 is 11.1 Å². The quantitative estimate of drug-likeness (QED) is 0.858. The van der Waals surface area contributed by atoms with Crippen molar-refractivity contribution in [3.63, 3.8) is 0 Å². The van der Waals surface area contributed by atoms with Crippen molar-refractivity contribution in [2.45, 2.75) is 39.4 Å². The molecule has 0 fully saturated rings. The third-order valence-electron chi connectivity index (χ3n) is 2.57. The smallest absolute Gasteiger partial charge is 0.368 e. The van der Waals surface area contributed by atoms with E-state index in [0.717, 1.165) is 6.07 Å². The number of hydrogen-bond donors (Lipinski definition) is 2. The number of anilines is 1. The van der Waals surface area contributed by atoms with Gasteiger partial charge in [0.2, 0.25) is 0 Å². The summed E-state index contributed by atoms with van der Waals surface area (Å²) >= 11 is 2.99. The lowest BCUT2D eigenvalue weighted by atomic mass is 9.88. The van der Waals surface area contributed by atoms with Crippen molar-refractivity contribution in [1.82, 2.24) is 4.98 Å². The molecule has 1 aromatic heterocycles. The summed E-state index contributed by atoms with van der Waals surface area (Å²) in [6.07, 6.45) is -2.42. The average Bonchev–Trinajstić information content (AvgIpc) is 2.23. The molecule has 0 amide bonds. The fourth-order valence-corrected chi connectivity index (χ4v) is 2.21. The molecule has 7 heteroatoms. The molecule has 1 unspecified atom stereocenters. The number of rotatable bonds is 4. The standard InChI is InChI=1S/C13H19BrF3N3/c1-12(2,3)5-9(18)7-20-11-10(13(15,16)17)4-8(14)6-19-11/h4,6,9H,5,7,18H2,1-3H3,(H,19,20). The first-order valence-electron chi connectivity index (χ1n) is 6.21. The molecule has 1 rings (SSSR count). The van der Waals surface area contributed by atoms with E-state index in [1.807, 2.05) is 20.8 Å². The van der Waals surface area contributed by atoms with E-state index >= 15 is 0 Å². The van der Waals surface area contributed by atoms with Gasteiger partial charge < -0.3 is 11.1 Å². The Hall–Kier alpha value is -0.820. The van der Waals surface area contributed by atoms with Crippen LogP contribution in [0.15, 0.2) is 16.7 Å². The molecular formula is C13H19BrF3N3.